The van der Waals surface area contributed by atoms with E-state index < -0.39 is 0 Å². The third kappa shape index (κ3) is 3.36. The van der Waals surface area contributed by atoms with E-state index in [4.69, 9.17) is 4.74 Å². The van der Waals surface area contributed by atoms with Crippen LogP contribution in [0.25, 0.3) is 0 Å². The lowest BCUT2D eigenvalue weighted by Gasteiger charge is -2.29. The highest BCUT2D eigenvalue weighted by Gasteiger charge is 2.25. The van der Waals surface area contributed by atoms with Gasteiger partial charge in [-0.1, -0.05) is 18.9 Å². The number of ether oxygens (including phenoxy) is 1. The van der Waals surface area contributed by atoms with E-state index in [1.54, 1.807) is 0 Å². The number of carbonyl (C=O) groups is 1. The van der Waals surface area contributed by atoms with E-state index in [9.17, 15) is 4.79 Å². The van der Waals surface area contributed by atoms with Crippen molar-refractivity contribution in [2.24, 2.45) is 5.92 Å². The van der Waals surface area contributed by atoms with E-state index in [1.165, 1.54) is 31.2 Å². The summed E-state index contributed by atoms with van der Waals surface area (Å²) in [6, 6.07) is 3.97. The molecule has 0 aromatic carbocycles. The van der Waals surface area contributed by atoms with Crippen molar-refractivity contribution in [1.82, 2.24) is 9.88 Å². The average Bonchev–Trinajstić information content (AvgIpc) is 3.00. The number of rotatable bonds is 4. The minimum Gasteiger partial charge on any atom is -0.478 e. The minimum atomic E-state index is 0.321. The summed E-state index contributed by atoms with van der Waals surface area (Å²) >= 11 is 0. The van der Waals surface area contributed by atoms with Crippen molar-refractivity contribution in [3.05, 3.63) is 23.4 Å². The SMILES string of the molecule is CCOc1ccc2c(n1)CCN(C(=O)CC1CCCC1)C2. The maximum atomic E-state index is 12.4. The molecule has 4 heteroatoms. The minimum absolute atomic E-state index is 0.321. The standard InChI is InChI=1S/C17H24N2O2/c1-2-21-16-8-7-14-12-19(10-9-15(14)18-16)17(20)11-13-5-3-4-6-13/h7-8,13H,2-6,9-12H2,1H3. The Balaban J connectivity index is 1.62. The molecule has 1 aromatic heterocycles. The molecule has 0 radical (unpaired) electrons. The topological polar surface area (TPSA) is 42.4 Å². The number of amides is 1. The Kier molecular flexibility index (Phi) is 4.42. The van der Waals surface area contributed by atoms with Gasteiger partial charge in [0, 0.05) is 32.0 Å². The van der Waals surface area contributed by atoms with Crippen LogP contribution in [0.1, 0.15) is 50.3 Å². The Morgan fingerprint density at radius 1 is 1.38 bits per heavy atom. The van der Waals surface area contributed by atoms with Gasteiger partial charge >= 0.3 is 0 Å². The summed E-state index contributed by atoms with van der Waals surface area (Å²) in [5, 5.41) is 0. The Labute approximate surface area is 126 Å². The summed E-state index contributed by atoms with van der Waals surface area (Å²) in [5.41, 5.74) is 2.26. The Hall–Kier alpha value is -1.58. The lowest BCUT2D eigenvalue weighted by atomic mass is 10.0. The molecular weight excluding hydrogens is 264 g/mol. The van der Waals surface area contributed by atoms with Crippen molar-refractivity contribution >= 4 is 5.91 Å². The molecule has 4 nitrogen and oxygen atoms in total. The normalized spacial score (nSPS) is 18.6. The van der Waals surface area contributed by atoms with Crippen LogP contribution >= 0.6 is 0 Å². The van der Waals surface area contributed by atoms with Gasteiger partial charge in [-0.15, -0.1) is 0 Å². The van der Waals surface area contributed by atoms with Crippen LogP contribution < -0.4 is 4.74 Å². The van der Waals surface area contributed by atoms with E-state index >= 15 is 0 Å². The Morgan fingerprint density at radius 2 is 2.19 bits per heavy atom. The van der Waals surface area contributed by atoms with Gasteiger partial charge in [0.25, 0.3) is 0 Å². The van der Waals surface area contributed by atoms with E-state index in [0.717, 1.165) is 25.1 Å². The van der Waals surface area contributed by atoms with Crippen LogP contribution in [0.5, 0.6) is 5.88 Å². The lowest BCUT2D eigenvalue weighted by molar-refractivity contribution is -0.133. The van der Waals surface area contributed by atoms with E-state index in [2.05, 4.69) is 11.1 Å². The Morgan fingerprint density at radius 3 is 2.95 bits per heavy atom. The van der Waals surface area contributed by atoms with Crippen LogP contribution in [-0.4, -0.2) is 28.9 Å². The van der Waals surface area contributed by atoms with Gasteiger partial charge in [0.2, 0.25) is 11.8 Å². The predicted molar refractivity (Wildman–Crippen MR) is 81.1 cm³/mol. The van der Waals surface area contributed by atoms with Gasteiger partial charge in [-0.2, -0.15) is 0 Å². The largest absolute Gasteiger partial charge is 0.478 e. The average molecular weight is 288 g/mol. The summed E-state index contributed by atoms with van der Waals surface area (Å²) in [6.07, 6.45) is 6.63. The van der Waals surface area contributed by atoms with Gasteiger partial charge in [0.1, 0.15) is 0 Å². The monoisotopic (exact) mass is 288 g/mol. The van der Waals surface area contributed by atoms with Gasteiger partial charge < -0.3 is 9.64 Å². The first-order chi connectivity index (χ1) is 10.3. The number of hydrogen-bond donors (Lipinski definition) is 0. The molecule has 0 spiro atoms. The fourth-order valence-electron chi connectivity index (χ4n) is 3.43. The highest BCUT2D eigenvalue weighted by Crippen LogP contribution is 2.29. The predicted octanol–water partition coefficient (Wildman–Crippen LogP) is 2.95. The molecule has 0 saturated heterocycles. The number of pyridine rings is 1. The highest BCUT2D eigenvalue weighted by atomic mass is 16.5. The van der Waals surface area contributed by atoms with Crippen LogP contribution in [0.3, 0.4) is 0 Å². The van der Waals surface area contributed by atoms with Gasteiger partial charge in [-0.3, -0.25) is 4.79 Å². The maximum absolute atomic E-state index is 12.4. The fourth-order valence-corrected chi connectivity index (χ4v) is 3.43. The summed E-state index contributed by atoms with van der Waals surface area (Å²) < 4.78 is 5.44. The molecule has 3 rings (SSSR count). The van der Waals surface area contributed by atoms with Crippen LogP contribution in [0, 0.1) is 5.92 Å². The van der Waals surface area contributed by atoms with Crippen molar-refractivity contribution in [3.63, 3.8) is 0 Å². The molecule has 1 aromatic rings. The number of fused-ring (bicyclic) bond motifs is 1. The summed E-state index contributed by atoms with van der Waals surface area (Å²) in [6.45, 7) is 4.10. The van der Waals surface area contributed by atoms with Crippen molar-refractivity contribution in [1.29, 1.82) is 0 Å². The van der Waals surface area contributed by atoms with E-state index in [-0.39, 0.29) is 0 Å². The smallest absolute Gasteiger partial charge is 0.223 e. The molecule has 2 heterocycles. The van der Waals surface area contributed by atoms with Crippen molar-refractivity contribution < 1.29 is 9.53 Å². The van der Waals surface area contributed by atoms with Crippen LogP contribution in [0.15, 0.2) is 12.1 Å². The quantitative estimate of drug-likeness (QED) is 0.855. The summed E-state index contributed by atoms with van der Waals surface area (Å²) in [5.74, 6) is 1.64. The van der Waals surface area contributed by atoms with Crippen LogP contribution in [0.2, 0.25) is 0 Å². The zero-order valence-electron chi connectivity index (χ0n) is 12.8. The molecule has 0 unspecified atom stereocenters. The maximum Gasteiger partial charge on any atom is 0.223 e. The molecule has 21 heavy (non-hydrogen) atoms. The molecule has 1 aliphatic carbocycles. The lowest BCUT2D eigenvalue weighted by Crippen LogP contribution is -2.37. The fraction of sp³-hybridized carbons (Fsp3) is 0.647. The molecule has 1 saturated carbocycles. The second kappa shape index (κ2) is 6.46. The molecule has 1 amide bonds. The molecule has 2 aliphatic rings. The molecule has 0 N–H and O–H groups in total. The highest BCUT2D eigenvalue weighted by molar-refractivity contribution is 5.76. The Bertz CT molecular complexity index is 510. The molecule has 0 bridgehead atoms. The molecule has 0 atom stereocenters. The first-order valence-corrected chi connectivity index (χ1v) is 8.15. The number of hydrogen-bond acceptors (Lipinski definition) is 3. The molecule has 1 fully saturated rings. The van der Waals surface area contributed by atoms with Gasteiger partial charge in [0.15, 0.2) is 0 Å². The summed E-state index contributed by atoms with van der Waals surface area (Å²) in [7, 11) is 0. The summed E-state index contributed by atoms with van der Waals surface area (Å²) in [4.78, 5) is 19.0. The van der Waals surface area contributed by atoms with Crippen molar-refractivity contribution in [2.45, 2.75) is 52.0 Å². The first-order valence-electron chi connectivity index (χ1n) is 8.15. The van der Waals surface area contributed by atoms with E-state index in [1.807, 2.05) is 17.9 Å². The zero-order valence-corrected chi connectivity index (χ0v) is 12.8. The van der Waals surface area contributed by atoms with Crippen LogP contribution in [-0.2, 0) is 17.8 Å². The molecule has 114 valence electrons. The first kappa shape index (κ1) is 14.4. The van der Waals surface area contributed by atoms with Gasteiger partial charge in [-0.25, -0.2) is 4.98 Å². The third-order valence-electron chi connectivity index (χ3n) is 4.61. The van der Waals surface area contributed by atoms with Gasteiger partial charge in [0.05, 0.1) is 12.3 Å². The number of nitrogens with zero attached hydrogens (tertiary/aromatic N) is 2. The second-order valence-electron chi connectivity index (χ2n) is 6.11. The number of aromatic nitrogens is 1. The van der Waals surface area contributed by atoms with Crippen LogP contribution in [0.4, 0.5) is 0 Å². The van der Waals surface area contributed by atoms with Gasteiger partial charge in [-0.05, 0) is 31.2 Å². The van der Waals surface area contributed by atoms with Crippen molar-refractivity contribution in [3.8, 4) is 5.88 Å². The zero-order chi connectivity index (χ0) is 14.7. The molecular formula is C17H24N2O2. The van der Waals surface area contributed by atoms with Crippen molar-refractivity contribution in [2.75, 3.05) is 13.2 Å². The molecule has 1 aliphatic heterocycles. The third-order valence-corrected chi connectivity index (χ3v) is 4.61. The second-order valence-corrected chi connectivity index (χ2v) is 6.11. The number of carbonyl (C=O) groups excluding carboxylic acids is 1. The van der Waals surface area contributed by atoms with E-state index in [0.29, 0.717) is 30.9 Å².